The summed E-state index contributed by atoms with van der Waals surface area (Å²) in [5.41, 5.74) is -0.446. The molecule has 2 heterocycles. The number of alkyl halides is 2. The van der Waals surface area contributed by atoms with Crippen molar-refractivity contribution in [1.82, 2.24) is 9.55 Å². The van der Waals surface area contributed by atoms with Crippen LogP contribution in [-0.2, 0) is 23.8 Å². The number of halogens is 2. The lowest BCUT2D eigenvalue weighted by molar-refractivity contribution is -0.150. The molecule has 1 aromatic carbocycles. The maximum atomic E-state index is 14.9. The number of esters is 1. The third-order valence-corrected chi connectivity index (χ3v) is 6.00. The minimum Gasteiger partial charge on any atom is -0.463 e. The predicted octanol–water partition coefficient (Wildman–Crippen LogP) is 3.23. The number of carbonyl (C=O) groups excluding carboxylic acids is 3. The van der Waals surface area contributed by atoms with E-state index < -0.39 is 48.7 Å². The molecule has 3 rings (SSSR count). The van der Waals surface area contributed by atoms with Gasteiger partial charge in [0.05, 0.1) is 6.61 Å². The van der Waals surface area contributed by atoms with Crippen LogP contribution in [0.4, 0.5) is 25.1 Å². The van der Waals surface area contributed by atoms with Gasteiger partial charge in [-0.25, -0.2) is 19.1 Å². The van der Waals surface area contributed by atoms with Gasteiger partial charge in [-0.15, -0.1) is 0 Å². The van der Waals surface area contributed by atoms with Crippen molar-refractivity contribution >= 4 is 29.5 Å². The zero-order chi connectivity index (χ0) is 29.1. The molecule has 0 spiro atoms. The molecule has 2 amide bonds. The second kappa shape index (κ2) is 14.5. The highest BCUT2D eigenvalue weighted by atomic mass is 19.3. The molecular weight excluding hydrogens is 534 g/mol. The van der Waals surface area contributed by atoms with E-state index in [9.17, 15) is 33.1 Å². The normalized spacial score (nSPS) is 19.6. The van der Waals surface area contributed by atoms with Crippen LogP contribution in [0.1, 0.15) is 51.7 Å². The van der Waals surface area contributed by atoms with Crippen LogP contribution in [0.2, 0.25) is 0 Å². The number of aliphatic hydroxyl groups excluding tert-OH is 1. The number of benzene rings is 1. The van der Waals surface area contributed by atoms with Gasteiger partial charge < -0.3 is 24.6 Å². The molecule has 1 aromatic heterocycles. The van der Waals surface area contributed by atoms with Crippen molar-refractivity contribution in [2.24, 2.45) is 0 Å². The van der Waals surface area contributed by atoms with E-state index in [4.69, 9.17) is 14.2 Å². The number of para-hydroxylation sites is 1. The van der Waals surface area contributed by atoms with Crippen LogP contribution in [0.3, 0.4) is 0 Å². The van der Waals surface area contributed by atoms with E-state index in [1.165, 1.54) is 6.92 Å². The van der Waals surface area contributed by atoms with Gasteiger partial charge in [-0.1, -0.05) is 31.0 Å². The predicted molar refractivity (Wildman–Crippen MR) is 138 cm³/mol. The minimum absolute atomic E-state index is 0.00466. The van der Waals surface area contributed by atoms with Crippen molar-refractivity contribution in [3.05, 3.63) is 53.1 Å². The largest absolute Gasteiger partial charge is 0.463 e. The third kappa shape index (κ3) is 8.29. The van der Waals surface area contributed by atoms with Gasteiger partial charge in [0.1, 0.15) is 18.5 Å². The summed E-state index contributed by atoms with van der Waals surface area (Å²) in [6, 6.07) is 10.2. The van der Waals surface area contributed by atoms with Crippen LogP contribution in [0.15, 0.2) is 47.4 Å². The minimum atomic E-state index is -3.98. The second-order valence-electron chi connectivity index (χ2n) is 8.99. The number of rotatable bonds is 13. The molecule has 0 saturated carbocycles. The highest BCUT2D eigenvalue weighted by Crippen LogP contribution is 2.43. The monoisotopic (exact) mass is 566 g/mol. The molecular formula is C26H32F2N4O8. The summed E-state index contributed by atoms with van der Waals surface area (Å²) >= 11 is 0. The molecule has 0 unspecified atom stereocenters. The Labute approximate surface area is 228 Å². The lowest BCUT2D eigenvalue weighted by Crippen LogP contribution is -2.42. The van der Waals surface area contributed by atoms with E-state index in [-0.39, 0.29) is 24.8 Å². The molecule has 1 saturated heterocycles. The number of nitrogens with one attached hydrogen (secondary N) is 2. The van der Waals surface area contributed by atoms with E-state index in [0.717, 1.165) is 18.0 Å². The summed E-state index contributed by atoms with van der Waals surface area (Å²) < 4.78 is 45.2. The Bertz CT molecular complexity index is 1210. The quantitative estimate of drug-likeness (QED) is 0.244. The lowest BCUT2D eigenvalue weighted by Gasteiger charge is -2.23. The second-order valence-corrected chi connectivity index (χ2v) is 8.99. The van der Waals surface area contributed by atoms with Crippen LogP contribution in [-0.4, -0.2) is 64.0 Å². The molecule has 1 aliphatic rings. The molecule has 0 bridgehead atoms. The standard InChI is InChI=1S/C26H32F2N4O8/c1-2-38-25(37)31-19-14-15-29-24(36)32(19)23-26(27,28)22(35)18(40-23)16-39-21(34)13-9-4-3-8-12-20(33)30-17-10-6-5-7-11-17/h5-7,10-11,14-15,18,22-23,35H,2-4,8-9,12-13,16H2,1H3,(H,30,33)(H,31,37)/t18-,22-,23-/m1/s1. The highest BCUT2D eigenvalue weighted by molar-refractivity contribution is 5.90. The van der Waals surface area contributed by atoms with Gasteiger partial charge in [-0.05, 0) is 38.0 Å². The maximum Gasteiger partial charge on any atom is 0.412 e. The Morgan fingerprint density at radius 1 is 1.05 bits per heavy atom. The molecule has 3 atom stereocenters. The molecule has 0 aliphatic carbocycles. The molecule has 218 valence electrons. The number of carbonyl (C=O) groups is 3. The first-order valence-electron chi connectivity index (χ1n) is 12.9. The van der Waals surface area contributed by atoms with Crippen LogP contribution in [0.25, 0.3) is 0 Å². The number of hydrogen-bond acceptors (Lipinski definition) is 9. The Balaban J connectivity index is 1.43. The molecule has 14 heteroatoms. The zero-order valence-electron chi connectivity index (χ0n) is 21.9. The number of unbranched alkanes of at least 4 members (excludes halogenated alkanes) is 3. The van der Waals surface area contributed by atoms with Crippen LogP contribution < -0.4 is 16.3 Å². The fourth-order valence-electron chi connectivity index (χ4n) is 4.01. The van der Waals surface area contributed by atoms with E-state index in [1.807, 2.05) is 18.2 Å². The number of aromatic nitrogens is 2. The van der Waals surface area contributed by atoms with E-state index >= 15 is 0 Å². The first kappa shape index (κ1) is 30.6. The van der Waals surface area contributed by atoms with Crippen molar-refractivity contribution in [1.29, 1.82) is 0 Å². The highest BCUT2D eigenvalue weighted by Gasteiger charge is 2.60. The fourth-order valence-corrected chi connectivity index (χ4v) is 4.01. The molecule has 1 fully saturated rings. The van der Waals surface area contributed by atoms with Gasteiger partial charge in [0.2, 0.25) is 12.1 Å². The number of hydrogen-bond donors (Lipinski definition) is 3. The third-order valence-electron chi connectivity index (χ3n) is 6.00. The van der Waals surface area contributed by atoms with Gasteiger partial charge in [0, 0.05) is 24.7 Å². The molecule has 2 aromatic rings. The zero-order valence-corrected chi connectivity index (χ0v) is 21.9. The van der Waals surface area contributed by atoms with Crippen molar-refractivity contribution in [3.8, 4) is 0 Å². The summed E-state index contributed by atoms with van der Waals surface area (Å²) in [5, 5.41) is 15.1. The van der Waals surface area contributed by atoms with Crippen molar-refractivity contribution in [3.63, 3.8) is 0 Å². The first-order chi connectivity index (χ1) is 19.1. The van der Waals surface area contributed by atoms with Crippen LogP contribution >= 0.6 is 0 Å². The molecule has 0 radical (unpaired) electrons. The van der Waals surface area contributed by atoms with Crippen LogP contribution in [0.5, 0.6) is 0 Å². The van der Waals surface area contributed by atoms with E-state index in [1.54, 1.807) is 12.1 Å². The van der Waals surface area contributed by atoms with Gasteiger partial charge in [0.15, 0.2) is 6.10 Å². The SMILES string of the molecule is CCOC(=O)Nc1ccnc(=O)n1[C@@H]1O[C@H](COC(=O)CCCCCCC(=O)Nc2ccccc2)[C@@H](O)C1(F)F. The average Bonchev–Trinajstić information content (AvgIpc) is 3.13. The summed E-state index contributed by atoms with van der Waals surface area (Å²) in [6.07, 6.45) is -3.59. The van der Waals surface area contributed by atoms with Gasteiger partial charge >= 0.3 is 23.7 Å². The van der Waals surface area contributed by atoms with Crippen molar-refractivity contribution in [2.75, 3.05) is 23.8 Å². The van der Waals surface area contributed by atoms with Gasteiger partial charge in [-0.3, -0.25) is 14.9 Å². The number of ether oxygens (including phenoxy) is 3. The molecule has 12 nitrogen and oxygen atoms in total. The van der Waals surface area contributed by atoms with Gasteiger partial charge in [0.25, 0.3) is 0 Å². The van der Waals surface area contributed by atoms with Crippen molar-refractivity contribution < 1.29 is 42.5 Å². The molecule has 1 aliphatic heterocycles. The summed E-state index contributed by atoms with van der Waals surface area (Å²) in [4.78, 5) is 51.6. The average molecular weight is 567 g/mol. The molecule has 3 N–H and O–H groups in total. The first-order valence-corrected chi connectivity index (χ1v) is 12.9. The lowest BCUT2D eigenvalue weighted by atomic mass is 10.1. The Kier molecular flexibility index (Phi) is 11.1. The maximum absolute atomic E-state index is 14.9. The number of anilines is 2. The number of nitrogens with zero attached hydrogens (tertiary/aromatic N) is 2. The Morgan fingerprint density at radius 3 is 2.45 bits per heavy atom. The Morgan fingerprint density at radius 2 is 1.75 bits per heavy atom. The van der Waals surface area contributed by atoms with Gasteiger partial charge in [-0.2, -0.15) is 8.78 Å². The summed E-state index contributed by atoms with van der Waals surface area (Å²) in [6.45, 7) is 0.848. The summed E-state index contributed by atoms with van der Waals surface area (Å²) in [5.74, 6) is -5.15. The number of aliphatic hydroxyl groups is 1. The summed E-state index contributed by atoms with van der Waals surface area (Å²) in [7, 11) is 0. The van der Waals surface area contributed by atoms with E-state index in [2.05, 4.69) is 15.6 Å². The van der Waals surface area contributed by atoms with Crippen LogP contribution in [0, 0.1) is 0 Å². The smallest absolute Gasteiger partial charge is 0.412 e. The topological polar surface area (TPSA) is 158 Å². The number of amides is 2. The fraction of sp³-hybridized carbons (Fsp3) is 0.500. The van der Waals surface area contributed by atoms with E-state index in [0.29, 0.717) is 36.7 Å². The Hall–Kier alpha value is -3.91. The molecule has 40 heavy (non-hydrogen) atoms. The van der Waals surface area contributed by atoms with Crippen molar-refractivity contribution in [2.45, 2.75) is 69.8 Å².